The second-order valence-corrected chi connectivity index (χ2v) is 7.69. The van der Waals surface area contributed by atoms with E-state index in [2.05, 4.69) is 21.8 Å². The summed E-state index contributed by atoms with van der Waals surface area (Å²) in [6.45, 7) is 4.18. The number of aromatic hydroxyl groups is 1. The van der Waals surface area contributed by atoms with Crippen LogP contribution in [0, 0.1) is 25.7 Å². The third-order valence-corrected chi connectivity index (χ3v) is 5.58. The number of phenols is 1. The molecule has 1 amide bonds. The fourth-order valence-corrected chi connectivity index (χ4v) is 3.82. The molecule has 0 unspecified atom stereocenters. The lowest BCUT2D eigenvalue weighted by Crippen LogP contribution is -2.14. The van der Waals surface area contributed by atoms with E-state index in [1.165, 1.54) is 6.20 Å². The molecule has 1 aromatic carbocycles. The summed E-state index contributed by atoms with van der Waals surface area (Å²) in [7, 11) is 0. The van der Waals surface area contributed by atoms with Crippen LogP contribution in [0.15, 0.2) is 18.3 Å². The van der Waals surface area contributed by atoms with Crippen LogP contribution in [0.4, 0.5) is 5.82 Å². The number of ether oxygens (including phenoxy) is 1. The number of primary amides is 1. The van der Waals surface area contributed by atoms with E-state index in [-0.39, 0.29) is 34.1 Å². The van der Waals surface area contributed by atoms with Gasteiger partial charge in [-0.25, -0.2) is 9.97 Å². The first kappa shape index (κ1) is 20.0. The number of fused-ring (bicyclic) bond motifs is 1. The van der Waals surface area contributed by atoms with E-state index in [1.54, 1.807) is 23.6 Å². The van der Waals surface area contributed by atoms with Gasteiger partial charge in [0.2, 0.25) is 0 Å². The van der Waals surface area contributed by atoms with Crippen LogP contribution in [-0.2, 0) is 4.74 Å². The number of nitrogens with zero attached hydrogens (tertiary/aromatic N) is 3. The van der Waals surface area contributed by atoms with Crippen LogP contribution in [0.1, 0.15) is 33.6 Å². The highest BCUT2D eigenvalue weighted by molar-refractivity contribution is 6.21. The molecule has 154 valence electrons. The molecule has 1 fully saturated rings. The highest BCUT2D eigenvalue weighted by Crippen LogP contribution is 2.34. The molecule has 0 bridgehead atoms. The lowest BCUT2D eigenvalue weighted by Gasteiger charge is -2.15. The van der Waals surface area contributed by atoms with Crippen molar-refractivity contribution >= 4 is 34.5 Å². The van der Waals surface area contributed by atoms with Gasteiger partial charge in [0.25, 0.3) is 5.91 Å². The smallest absolute Gasteiger partial charge is 0.254 e. The van der Waals surface area contributed by atoms with Crippen LogP contribution in [0.5, 0.6) is 5.75 Å². The number of nitrogen functional groups attached to an aromatic ring is 1. The molecule has 9 heteroatoms. The first-order chi connectivity index (χ1) is 14.3. The zero-order valence-corrected chi connectivity index (χ0v) is 17.2. The zero-order chi connectivity index (χ0) is 21.6. The summed E-state index contributed by atoms with van der Waals surface area (Å²) < 4.78 is 7.08. The van der Waals surface area contributed by atoms with E-state index in [4.69, 9.17) is 27.8 Å². The van der Waals surface area contributed by atoms with Gasteiger partial charge >= 0.3 is 0 Å². The number of rotatable bonds is 2. The van der Waals surface area contributed by atoms with Gasteiger partial charge in [0.15, 0.2) is 5.65 Å². The lowest BCUT2D eigenvalue weighted by molar-refractivity contribution is 0.100. The maximum Gasteiger partial charge on any atom is 0.254 e. The van der Waals surface area contributed by atoms with Crippen molar-refractivity contribution in [3.8, 4) is 23.3 Å². The largest absolute Gasteiger partial charge is 0.508 e. The molecule has 0 spiro atoms. The Morgan fingerprint density at radius 2 is 2.17 bits per heavy atom. The third-order valence-electron chi connectivity index (χ3n) is 5.14. The van der Waals surface area contributed by atoms with Gasteiger partial charge in [-0.2, -0.15) is 0 Å². The Bertz CT molecular complexity index is 1240. The van der Waals surface area contributed by atoms with Crippen molar-refractivity contribution in [1.82, 2.24) is 14.5 Å². The Labute approximate surface area is 177 Å². The fraction of sp³-hybridized carbons (Fsp3) is 0.286. The normalized spacial score (nSPS) is 18.4. The van der Waals surface area contributed by atoms with Crippen LogP contribution < -0.4 is 11.5 Å². The van der Waals surface area contributed by atoms with Crippen molar-refractivity contribution in [3.05, 3.63) is 40.7 Å². The number of hydrogen-bond donors (Lipinski definition) is 3. The maximum atomic E-state index is 12.1. The van der Waals surface area contributed by atoms with Crippen LogP contribution >= 0.6 is 11.6 Å². The van der Waals surface area contributed by atoms with Gasteiger partial charge in [0, 0.05) is 12.2 Å². The molecule has 0 aliphatic carbocycles. The molecule has 1 aliphatic heterocycles. The Balaban J connectivity index is 1.96. The molecule has 0 radical (unpaired) electrons. The zero-order valence-electron chi connectivity index (χ0n) is 16.4. The van der Waals surface area contributed by atoms with Crippen molar-refractivity contribution in [1.29, 1.82) is 0 Å². The molecule has 8 nitrogen and oxygen atoms in total. The number of benzene rings is 1. The number of phenolic OH excluding ortho intramolecular Hbond substituents is 1. The van der Waals surface area contributed by atoms with E-state index in [9.17, 15) is 9.90 Å². The number of anilines is 1. The number of carbonyl (C=O) groups excluding carboxylic acids is 1. The highest BCUT2D eigenvalue weighted by atomic mass is 35.5. The molecule has 2 atom stereocenters. The van der Waals surface area contributed by atoms with Gasteiger partial charge in [-0.3, -0.25) is 9.36 Å². The molecule has 4 rings (SSSR count). The van der Waals surface area contributed by atoms with Crippen LogP contribution in [0.25, 0.3) is 16.9 Å². The van der Waals surface area contributed by atoms with E-state index in [0.717, 1.165) is 12.0 Å². The number of hydrogen-bond acceptors (Lipinski definition) is 6. The number of nitrogens with two attached hydrogens (primary N) is 2. The minimum atomic E-state index is -0.718. The molecule has 1 saturated heterocycles. The Morgan fingerprint density at radius 3 is 2.83 bits per heavy atom. The summed E-state index contributed by atoms with van der Waals surface area (Å²) in [4.78, 5) is 21.0. The van der Waals surface area contributed by atoms with Gasteiger partial charge in [0.05, 0.1) is 17.3 Å². The number of halogens is 1. The number of carbonyl (C=O) groups is 1. The molecule has 0 saturated carbocycles. The molecule has 2 aromatic heterocycles. The van der Waals surface area contributed by atoms with Gasteiger partial charge in [0.1, 0.15) is 34.4 Å². The molecular weight excluding hydrogens is 406 g/mol. The predicted molar refractivity (Wildman–Crippen MR) is 114 cm³/mol. The van der Waals surface area contributed by atoms with Gasteiger partial charge < -0.3 is 21.3 Å². The minimum absolute atomic E-state index is 0.0686. The van der Waals surface area contributed by atoms with Crippen molar-refractivity contribution in [3.63, 3.8) is 0 Å². The Morgan fingerprint density at radius 1 is 1.40 bits per heavy atom. The standard InChI is InChI=1S/C21H20ClN5O3/c1-10-3-5-14(28)11(2)18(10)27-19(23)16(20(24)29)17-21(27)26-12(9-25-17)4-6-15-13(22)7-8-30-15/h3,5,9,13,15,28H,7-8,23H2,1-2H3,(H2,24,29)/t13-,15-/m0/s1. The molecule has 5 N–H and O–H groups in total. The fourth-order valence-electron chi connectivity index (χ4n) is 3.60. The van der Waals surface area contributed by atoms with Gasteiger partial charge in [-0.05, 0) is 37.8 Å². The van der Waals surface area contributed by atoms with E-state index in [0.29, 0.717) is 29.2 Å². The van der Waals surface area contributed by atoms with E-state index >= 15 is 0 Å². The van der Waals surface area contributed by atoms with Gasteiger partial charge in [-0.1, -0.05) is 12.0 Å². The van der Waals surface area contributed by atoms with Crippen molar-refractivity contribution in [2.24, 2.45) is 5.73 Å². The van der Waals surface area contributed by atoms with Crippen molar-refractivity contribution in [2.45, 2.75) is 31.7 Å². The van der Waals surface area contributed by atoms with Gasteiger partial charge in [-0.15, -0.1) is 11.6 Å². The molecule has 30 heavy (non-hydrogen) atoms. The first-order valence-electron chi connectivity index (χ1n) is 9.33. The summed E-state index contributed by atoms with van der Waals surface area (Å²) in [5.41, 5.74) is 14.9. The highest BCUT2D eigenvalue weighted by Gasteiger charge is 2.26. The predicted octanol–water partition coefficient (Wildman–Crippen LogP) is 2.17. The average Bonchev–Trinajstić information content (AvgIpc) is 3.24. The van der Waals surface area contributed by atoms with E-state index < -0.39 is 5.91 Å². The first-order valence-corrected chi connectivity index (χ1v) is 9.76. The SMILES string of the molecule is Cc1ccc(O)c(C)c1-n1c(N)c(C(N)=O)c2ncc(C#C[C@@H]3OCC[C@@H]3Cl)nc21. The number of aromatic nitrogens is 3. The number of aryl methyl sites for hydroxylation is 1. The van der Waals surface area contributed by atoms with Crippen molar-refractivity contribution in [2.75, 3.05) is 12.3 Å². The summed E-state index contributed by atoms with van der Waals surface area (Å²) in [5, 5.41) is 10.0. The Kier molecular flexibility index (Phi) is 5.02. The molecule has 1 aliphatic rings. The Hall–Kier alpha value is -3.28. The monoisotopic (exact) mass is 425 g/mol. The quantitative estimate of drug-likeness (QED) is 0.426. The number of amides is 1. The summed E-state index contributed by atoms with van der Waals surface area (Å²) in [5.74, 6) is 5.37. The second kappa shape index (κ2) is 7.52. The van der Waals surface area contributed by atoms with Crippen LogP contribution in [-0.4, -0.2) is 43.6 Å². The minimum Gasteiger partial charge on any atom is -0.508 e. The maximum absolute atomic E-state index is 12.1. The van der Waals surface area contributed by atoms with E-state index in [1.807, 2.05) is 6.92 Å². The summed E-state index contributed by atoms with van der Waals surface area (Å²) in [6, 6.07) is 3.35. The van der Waals surface area contributed by atoms with Crippen molar-refractivity contribution < 1.29 is 14.6 Å². The molecule has 3 heterocycles. The summed E-state index contributed by atoms with van der Waals surface area (Å²) in [6.07, 6.45) is 1.81. The summed E-state index contributed by atoms with van der Waals surface area (Å²) >= 11 is 6.19. The third kappa shape index (κ3) is 3.22. The average molecular weight is 426 g/mol. The molecule has 3 aromatic rings. The second-order valence-electron chi connectivity index (χ2n) is 7.13. The number of alkyl halides is 1. The van der Waals surface area contributed by atoms with Crippen LogP contribution in [0.3, 0.4) is 0 Å². The topological polar surface area (TPSA) is 129 Å². The molecular formula is C21H20ClN5O3. The lowest BCUT2D eigenvalue weighted by atomic mass is 10.1. The van der Waals surface area contributed by atoms with Crippen LogP contribution in [0.2, 0.25) is 0 Å².